The third kappa shape index (κ3) is 3.21. The zero-order valence-corrected chi connectivity index (χ0v) is 12.3. The Morgan fingerprint density at radius 1 is 1.61 bits per heavy atom. The molecule has 0 bridgehead atoms. The molecule has 2 N–H and O–H groups in total. The monoisotopic (exact) mass is 311 g/mol. The van der Waals surface area contributed by atoms with Gasteiger partial charge < -0.3 is 5.73 Å². The summed E-state index contributed by atoms with van der Waals surface area (Å²) < 4.78 is 2.75. The second-order valence-corrected chi connectivity index (χ2v) is 4.83. The van der Waals surface area contributed by atoms with Crippen LogP contribution in [0.1, 0.15) is 31.7 Å². The molecule has 0 saturated heterocycles. The molecule has 1 unspecified atom stereocenters. The van der Waals surface area contributed by atoms with Crippen LogP contribution in [0.5, 0.6) is 0 Å². The molecule has 1 aromatic rings. The Hall–Kier alpha value is -1.12. The van der Waals surface area contributed by atoms with Gasteiger partial charge in [0.1, 0.15) is 0 Å². The lowest BCUT2D eigenvalue weighted by atomic mass is 10.1. The molecule has 0 aromatic carbocycles. The van der Waals surface area contributed by atoms with Crippen LogP contribution < -0.4 is 5.73 Å². The molecule has 0 fully saturated rings. The van der Waals surface area contributed by atoms with Gasteiger partial charge in [-0.1, -0.05) is 6.92 Å². The first-order valence-corrected chi connectivity index (χ1v) is 6.80. The van der Waals surface area contributed by atoms with Crippen molar-refractivity contribution in [3.05, 3.63) is 15.9 Å². The Kier molecular flexibility index (Phi) is 5.57. The van der Waals surface area contributed by atoms with Crippen LogP contribution in [0.25, 0.3) is 0 Å². The van der Waals surface area contributed by atoms with Crippen molar-refractivity contribution in [2.24, 2.45) is 5.73 Å². The van der Waals surface area contributed by atoms with Crippen LogP contribution in [-0.4, -0.2) is 21.6 Å². The Balaban J connectivity index is 2.93. The number of carbonyl (C=O) groups is 1. The Labute approximate surface area is 116 Å². The van der Waals surface area contributed by atoms with Crippen molar-refractivity contribution >= 4 is 21.7 Å². The lowest BCUT2D eigenvalue weighted by Gasteiger charge is -2.08. The van der Waals surface area contributed by atoms with Gasteiger partial charge >= 0.3 is 0 Å². The molecule has 0 aliphatic carbocycles. The SMILES string of the molecule is C#CCC(N)C(=O)Cc1c(Br)c(CC)nn1CC. The van der Waals surface area contributed by atoms with Crippen LogP contribution in [0.2, 0.25) is 0 Å². The van der Waals surface area contributed by atoms with Crippen molar-refractivity contribution in [1.29, 1.82) is 0 Å². The molecule has 1 aromatic heterocycles. The number of rotatable bonds is 6. The maximum Gasteiger partial charge on any atom is 0.156 e. The minimum atomic E-state index is -0.591. The average molecular weight is 312 g/mol. The molecule has 5 heteroatoms. The number of ketones is 1. The van der Waals surface area contributed by atoms with E-state index in [4.69, 9.17) is 12.2 Å². The van der Waals surface area contributed by atoms with Gasteiger partial charge in [0.25, 0.3) is 0 Å². The van der Waals surface area contributed by atoms with E-state index in [1.54, 1.807) is 0 Å². The van der Waals surface area contributed by atoms with Crippen molar-refractivity contribution in [3.8, 4) is 12.3 Å². The zero-order valence-electron chi connectivity index (χ0n) is 10.7. The minimum Gasteiger partial charge on any atom is -0.321 e. The van der Waals surface area contributed by atoms with Crippen molar-refractivity contribution in [1.82, 2.24) is 9.78 Å². The second kappa shape index (κ2) is 6.72. The van der Waals surface area contributed by atoms with Gasteiger partial charge in [-0.25, -0.2) is 0 Å². The van der Waals surface area contributed by atoms with Crippen LogP contribution in [0, 0.1) is 12.3 Å². The molecule has 1 heterocycles. The predicted molar refractivity (Wildman–Crippen MR) is 75.1 cm³/mol. The highest BCUT2D eigenvalue weighted by Crippen LogP contribution is 2.23. The van der Waals surface area contributed by atoms with Gasteiger partial charge in [-0.15, -0.1) is 12.3 Å². The number of aromatic nitrogens is 2. The second-order valence-electron chi connectivity index (χ2n) is 4.03. The van der Waals surface area contributed by atoms with E-state index in [0.29, 0.717) is 0 Å². The third-order valence-corrected chi connectivity index (χ3v) is 3.70. The molecule has 4 nitrogen and oxygen atoms in total. The first-order chi connectivity index (χ1) is 8.54. The highest BCUT2D eigenvalue weighted by atomic mass is 79.9. The molecule has 0 aliphatic heterocycles. The zero-order chi connectivity index (χ0) is 13.7. The Morgan fingerprint density at radius 3 is 2.78 bits per heavy atom. The van der Waals surface area contributed by atoms with Gasteiger partial charge in [-0.2, -0.15) is 5.10 Å². The van der Waals surface area contributed by atoms with E-state index >= 15 is 0 Å². The van der Waals surface area contributed by atoms with E-state index in [1.807, 2.05) is 18.5 Å². The van der Waals surface area contributed by atoms with Crippen LogP contribution >= 0.6 is 15.9 Å². The molecule has 1 rings (SSSR count). The van der Waals surface area contributed by atoms with E-state index in [0.717, 1.165) is 28.8 Å². The molecule has 0 radical (unpaired) electrons. The molecule has 98 valence electrons. The number of nitrogens with zero attached hydrogens (tertiary/aromatic N) is 2. The minimum absolute atomic E-state index is 0.0501. The van der Waals surface area contributed by atoms with Crippen molar-refractivity contribution in [2.75, 3.05) is 0 Å². The van der Waals surface area contributed by atoms with Crippen LogP contribution in [-0.2, 0) is 24.2 Å². The highest BCUT2D eigenvalue weighted by Gasteiger charge is 2.20. The first kappa shape index (κ1) is 14.9. The largest absolute Gasteiger partial charge is 0.321 e. The Bertz CT molecular complexity index is 473. The quantitative estimate of drug-likeness (QED) is 0.813. The number of terminal acetylenes is 1. The molecule has 0 spiro atoms. The maximum absolute atomic E-state index is 11.9. The summed E-state index contributed by atoms with van der Waals surface area (Å²) in [5, 5.41) is 4.44. The molecular weight excluding hydrogens is 294 g/mol. The van der Waals surface area contributed by atoms with Gasteiger partial charge in [0, 0.05) is 13.0 Å². The van der Waals surface area contributed by atoms with Crippen molar-refractivity contribution in [2.45, 2.75) is 45.7 Å². The average Bonchev–Trinajstić information content (AvgIpc) is 2.66. The molecule has 0 amide bonds. The van der Waals surface area contributed by atoms with Crippen LogP contribution in [0.4, 0.5) is 0 Å². The summed E-state index contributed by atoms with van der Waals surface area (Å²) in [7, 11) is 0. The fraction of sp³-hybridized carbons (Fsp3) is 0.538. The fourth-order valence-electron chi connectivity index (χ4n) is 1.72. The van der Waals surface area contributed by atoms with E-state index in [2.05, 4.69) is 26.9 Å². The lowest BCUT2D eigenvalue weighted by molar-refractivity contribution is -0.119. The molecule has 1 atom stereocenters. The fourth-order valence-corrected chi connectivity index (χ4v) is 2.43. The van der Waals surface area contributed by atoms with Gasteiger partial charge in [0.2, 0.25) is 0 Å². The summed E-state index contributed by atoms with van der Waals surface area (Å²) in [5.74, 6) is 2.36. The first-order valence-electron chi connectivity index (χ1n) is 6.00. The van der Waals surface area contributed by atoms with Gasteiger partial charge in [-0.3, -0.25) is 9.48 Å². The van der Waals surface area contributed by atoms with E-state index < -0.39 is 6.04 Å². The highest BCUT2D eigenvalue weighted by molar-refractivity contribution is 9.10. The molecular formula is C13H18BrN3O. The topological polar surface area (TPSA) is 60.9 Å². The normalized spacial score (nSPS) is 12.2. The standard InChI is InChI=1S/C13H18BrN3O/c1-4-7-9(15)12(18)8-11-13(14)10(5-2)16-17(11)6-3/h1,9H,5-8,15H2,2-3H3. The summed E-state index contributed by atoms with van der Waals surface area (Å²) in [5.41, 5.74) is 7.56. The number of carbonyl (C=O) groups excluding carboxylic acids is 1. The van der Waals surface area contributed by atoms with E-state index in [9.17, 15) is 4.79 Å². The van der Waals surface area contributed by atoms with Gasteiger partial charge in [-0.05, 0) is 29.3 Å². The maximum atomic E-state index is 11.9. The summed E-state index contributed by atoms with van der Waals surface area (Å²) in [6, 6.07) is -0.591. The number of halogens is 1. The van der Waals surface area contributed by atoms with E-state index in [-0.39, 0.29) is 18.6 Å². The van der Waals surface area contributed by atoms with Crippen molar-refractivity contribution < 1.29 is 4.79 Å². The number of hydrogen-bond donors (Lipinski definition) is 1. The summed E-state index contributed by atoms with van der Waals surface area (Å²) in [4.78, 5) is 11.9. The Morgan fingerprint density at radius 2 is 2.28 bits per heavy atom. The summed E-state index contributed by atoms with van der Waals surface area (Å²) >= 11 is 3.50. The summed E-state index contributed by atoms with van der Waals surface area (Å²) in [6.07, 6.45) is 6.53. The van der Waals surface area contributed by atoms with Crippen LogP contribution in [0.15, 0.2) is 4.47 Å². The van der Waals surface area contributed by atoms with Crippen LogP contribution in [0.3, 0.4) is 0 Å². The van der Waals surface area contributed by atoms with Gasteiger partial charge in [0.15, 0.2) is 5.78 Å². The number of aryl methyl sites for hydroxylation is 2. The number of nitrogens with two attached hydrogens (primary N) is 1. The predicted octanol–water partition coefficient (Wildman–Crippen LogP) is 1.69. The summed E-state index contributed by atoms with van der Waals surface area (Å²) in [6.45, 7) is 4.75. The van der Waals surface area contributed by atoms with Gasteiger partial charge in [0.05, 0.1) is 28.3 Å². The number of hydrogen-bond acceptors (Lipinski definition) is 3. The lowest BCUT2D eigenvalue weighted by Crippen LogP contribution is -2.32. The number of Topliss-reactive ketones (excluding diaryl/α,β-unsaturated/α-hetero) is 1. The third-order valence-electron chi connectivity index (χ3n) is 2.79. The van der Waals surface area contributed by atoms with Crippen molar-refractivity contribution in [3.63, 3.8) is 0 Å². The molecule has 18 heavy (non-hydrogen) atoms. The smallest absolute Gasteiger partial charge is 0.156 e. The molecule has 0 aliphatic rings. The van der Waals surface area contributed by atoms with E-state index in [1.165, 1.54) is 0 Å². The molecule has 0 saturated carbocycles.